The molecule has 2 atom stereocenters. The Balaban J connectivity index is -0.000000708. The van der Waals surface area contributed by atoms with E-state index in [4.69, 9.17) is 15.3 Å². The van der Waals surface area contributed by atoms with Crippen LogP contribution in [0.2, 0.25) is 0 Å². The van der Waals surface area contributed by atoms with Crippen molar-refractivity contribution in [1.82, 2.24) is 0 Å². The van der Waals surface area contributed by atoms with Gasteiger partial charge in [0, 0.05) is 24.2 Å². The fraction of sp³-hybridized carbons (Fsp3) is 0.815. The van der Waals surface area contributed by atoms with Crippen LogP contribution in [0.4, 0.5) is 79.0 Å². The summed E-state index contributed by atoms with van der Waals surface area (Å²) in [7, 11) is 0. The van der Waals surface area contributed by atoms with Gasteiger partial charge in [-0.05, 0) is 26.8 Å². The van der Waals surface area contributed by atoms with Crippen molar-refractivity contribution in [2.24, 2.45) is 10.8 Å². The first-order chi connectivity index (χ1) is 22.3. The van der Waals surface area contributed by atoms with Crippen molar-refractivity contribution in [3.05, 3.63) is 24.0 Å². The lowest BCUT2D eigenvalue weighted by atomic mass is 9.73. The van der Waals surface area contributed by atoms with Crippen molar-refractivity contribution < 1.29 is 114 Å². The molecule has 2 unspecified atom stereocenters. The molecule has 0 aliphatic carbocycles. The highest BCUT2D eigenvalue weighted by Gasteiger charge is 2.81. The summed E-state index contributed by atoms with van der Waals surface area (Å²) in [4.78, 5) is 9.34. The lowest BCUT2D eigenvalue weighted by Crippen LogP contribution is -2.64. The van der Waals surface area contributed by atoms with Crippen LogP contribution in [0.5, 0.6) is 0 Å². The number of alkyl halides is 18. The predicted molar refractivity (Wildman–Crippen MR) is 141 cm³/mol. The summed E-state index contributed by atoms with van der Waals surface area (Å²) in [6, 6.07) is 0. The zero-order valence-corrected chi connectivity index (χ0v) is 28.0. The van der Waals surface area contributed by atoms with Crippen LogP contribution >= 0.6 is 0 Å². The number of hydrogen-bond donors (Lipinski definition) is 4. The van der Waals surface area contributed by atoms with E-state index in [1.54, 1.807) is 6.08 Å². The average molecular weight is 815 g/mol. The van der Waals surface area contributed by atoms with Gasteiger partial charge in [0.15, 0.2) is 11.9 Å². The van der Waals surface area contributed by atoms with Crippen LogP contribution in [0.25, 0.3) is 0 Å². The van der Waals surface area contributed by atoms with E-state index in [2.05, 4.69) is 9.47 Å². The molecule has 0 bridgehead atoms. The summed E-state index contributed by atoms with van der Waals surface area (Å²) >= 11 is 0. The summed E-state index contributed by atoms with van der Waals surface area (Å²) < 4.78 is 227. The third-order valence-electron chi connectivity index (χ3n) is 6.95. The lowest BCUT2D eigenvalue weighted by Gasteiger charge is -2.41. The third kappa shape index (κ3) is 13.4. The summed E-state index contributed by atoms with van der Waals surface area (Å²) in [6.07, 6.45) is -35.0. The minimum Gasteiger partial charge on any atom is -0.455 e. The molecule has 7 nitrogen and oxygen atoms in total. The highest BCUT2D eigenvalue weighted by atomic mass is 19.4. The van der Waals surface area contributed by atoms with Crippen LogP contribution in [0.15, 0.2) is 24.0 Å². The first-order valence-corrected chi connectivity index (χ1v) is 13.6. The molecule has 0 amide bonds. The first-order valence-electron chi connectivity index (χ1n) is 13.6. The summed E-state index contributed by atoms with van der Waals surface area (Å²) in [5.74, 6) is -7.36. The minimum absolute atomic E-state index is 0.128. The van der Waals surface area contributed by atoms with Crippen molar-refractivity contribution >= 4 is 5.78 Å². The fourth-order valence-electron chi connectivity index (χ4n) is 3.35. The van der Waals surface area contributed by atoms with E-state index in [0.29, 0.717) is 20.8 Å². The van der Waals surface area contributed by atoms with E-state index < -0.39 is 83.4 Å². The summed E-state index contributed by atoms with van der Waals surface area (Å²) in [5.41, 5.74) is -11.3. The number of ether oxygens (including phenoxy) is 2. The van der Waals surface area contributed by atoms with E-state index in [1.165, 1.54) is 0 Å². The molecule has 25 heteroatoms. The summed E-state index contributed by atoms with van der Waals surface area (Å²) in [6.45, 7) is 7.77. The lowest BCUT2D eigenvalue weighted by molar-refractivity contribution is -0.445. The standard InChI is InChI=1S/C11H13F9O3.C8H10F6O2.C5H10O.C3H3F3O/c1-6(2,7(3,21)9(12,13)14)4-5-23-8(22,10(15,16)17)11(18,19)20;1-5(2)3-4(15)16-6(5,7(9,10)11)8(12,13)14;1-5(2)3-4-6;1-2(7)3(4,5)6/h4-5,21-22H,1-3H3;4,15H,3H2,1-2H3;3,6H,4H2,1-2H3;1H3/b5-4+;;;. The number of carbonyl (C=O) groups excluding carboxylic acids is 1. The number of Topliss-reactive ketones (excluding diaryl/α,β-unsaturated/α-hetero) is 1. The van der Waals surface area contributed by atoms with E-state index in [1.807, 2.05) is 13.8 Å². The molecule has 312 valence electrons. The Morgan fingerprint density at radius 1 is 0.750 bits per heavy atom. The van der Waals surface area contributed by atoms with Crippen molar-refractivity contribution in [3.63, 3.8) is 0 Å². The zero-order chi connectivity index (χ0) is 43.2. The normalized spacial score (nSPS) is 19.5. The Kier molecular flexibility index (Phi) is 17.9. The second kappa shape index (κ2) is 17.3. The first kappa shape index (κ1) is 53.8. The van der Waals surface area contributed by atoms with Crippen LogP contribution in [0.3, 0.4) is 0 Å². The largest absolute Gasteiger partial charge is 0.465 e. The maximum Gasteiger partial charge on any atom is 0.465 e. The topological polar surface area (TPSA) is 116 Å². The number of aliphatic hydroxyl groups excluding tert-OH is 2. The Morgan fingerprint density at radius 3 is 1.25 bits per heavy atom. The molecule has 0 aromatic carbocycles. The molecule has 1 aliphatic heterocycles. The van der Waals surface area contributed by atoms with E-state index in [-0.39, 0.29) is 25.9 Å². The number of ketones is 1. The number of allylic oxidation sites excluding steroid dienone is 1. The molecule has 1 saturated heterocycles. The molecular weight excluding hydrogens is 778 g/mol. The second-order valence-corrected chi connectivity index (χ2v) is 12.2. The van der Waals surface area contributed by atoms with Gasteiger partial charge in [-0.2, -0.15) is 79.0 Å². The Morgan fingerprint density at radius 2 is 1.10 bits per heavy atom. The van der Waals surface area contributed by atoms with Gasteiger partial charge in [0.1, 0.15) is 0 Å². The van der Waals surface area contributed by atoms with Crippen molar-refractivity contribution in [1.29, 1.82) is 0 Å². The molecule has 1 aliphatic rings. The van der Waals surface area contributed by atoms with Crippen LogP contribution in [-0.4, -0.2) is 93.2 Å². The number of halogens is 18. The molecule has 0 saturated carbocycles. The molecule has 0 aromatic rings. The quantitative estimate of drug-likeness (QED) is 0.0955. The highest BCUT2D eigenvalue weighted by molar-refractivity contribution is 5.81. The van der Waals surface area contributed by atoms with Crippen LogP contribution in [-0.2, 0) is 14.3 Å². The van der Waals surface area contributed by atoms with Gasteiger partial charge in [-0.1, -0.05) is 39.3 Å². The summed E-state index contributed by atoms with van der Waals surface area (Å²) in [5, 5.41) is 35.1. The van der Waals surface area contributed by atoms with Gasteiger partial charge in [0.05, 0.1) is 12.9 Å². The molecule has 0 radical (unpaired) electrons. The zero-order valence-electron chi connectivity index (χ0n) is 28.0. The van der Waals surface area contributed by atoms with E-state index in [9.17, 15) is 88.9 Å². The van der Waals surface area contributed by atoms with Gasteiger partial charge < -0.3 is 29.9 Å². The number of aliphatic hydroxyl groups is 4. The van der Waals surface area contributed by atoms with Crippen LogP contribution in [0, 0.1) is 10.8 Å². The molecule has 4 N–H and O–H groups in total. The predicted octanol–water partition coefficient (Wildman–Crippen LogP) is 8.37. The van der Waals surface area contributed by atoms with Crippen molar-refractivity contribution in [2.45, 2.75) is 122 Å². The van der Waals surface area contributed by atoms with Gasteiger partial charge >= 0.3 is 42.8 Å². The number of carbonyl (C=O) groups is 1. The molecule has 0 aromatic heterocycles. The van der Waals surface area contributed by atoms with Gasteiger partial charge in [0.2, 0.25) is 5.78 Å². The van der Waals surface area contributed by atoms with Crippen molar-refractivity contribution in [2.75, 3.05) is 6.61 Å². The van der Waals surface area contributed by atoms with Crippen molar-refractivity contribution in [3.8, 4) is 0 Å². The van der Waals surface area contributed by atoms with Gasteiger partial charge in [0.25, 0.3) is 5.60 Å². The molecule has 1 rings (SSSR count). The van der Waals surface area contributed by atoms with Crippen LogP contribution in [0.1, 0.15) is 61.8 Å². The maximum absolute atomic E-state index is 12.6. The van der Waals surface area contributed by atoms with Gasteiger partial charge in [-0.3, -0.25) is 4.79 Å². The third-order valence-corrected chi connectivity index (χ3v) is 6.95. The fourth-order valence-corrected chi connectivity index (χ4v) is 3.35. The highest BCUT2D eigenvalue weighted by Crippen LogP contribution is 2.61. The molecule has 1 heterocycles. The molecule has 52 heavy (non-hydrogen) atoms. The SMILES string of the molecule is CC(=O)C(F)(F)F.CC(C)(/C=C/OC(O)(C(F)(F)F)C(F)(F)F)C(C)(O)C(F)(F)F.CC(C)=CCO.CC1(C)CC(O)OC1(C(F)(F)F)C(F)(F)F. The minimum atomic E-state index is -6.30. The maximum atomic E-state index is 12.6. The Bertz CT molecular complexity index is 1150. The second-order valence-electron chi connectivity index (χ2n) is 12.2. The Labute approximate surface area is 283 Å². The molecular formula is C27H36F18O7. The smallest absolute Gasteiger partial charge is 0.455 e. The Hall–Kier alpha value is -2.51. The van der Waals surface area contributed by atoms with Gasteiger partial charge in [-0.15, -0.1) is 0 Å². The number of hydrogen-bond acceptors (Lipinski definition) is 7. The van der Waals surface area contributed by atoms with Gasteiger partial charge in [-0.25, -0.2) is 0 Å². The van der Waals surface area contributed by atoms with Crippen LogP contribution < -0.4 is 0 Å². The van der Waals surface area contributed by atoms with E-state index in [0.717, 1.165) is 19.4 Å². The average Bonchev–Trinajstić information content (AvgIpc) is 3.11. The van der Waals surface area contributed by atoms with E-state index >= 15 is 0 Å². The number of rotatable bonds is 5. The molecule has 1 fully saturated rings. The molecule has 0 spiro atoms. The monoisotopic (exact) mass is 814 g/mol.